The standard InChI is InChI=1S/C7H4BrF2NO/c8-5-2-11-6(7(9)10)1-4(5)3-12/h1-3,7H. The van der Waals surface area contributed by atoms with Crippen molar-refractivity contribution in [3.05, 3.63) is 28.0 Å². The Labute approximate surface area is 75.7 Å². The van der Waals surface area contributed by atoms with E-state index in [1.165, 1.54) is 6.20 Å². The monoisotopic (exact) mass is 235 g/mol. The molecule has 64 valence electrons. The third-order valence-electron chi connectivity index (χ3n) is 1.26. The molecule has 0 saturated carbocycles. The Balaban J connectivity index is 3.13. The fraction of sp³-hybridized carbons (Fsp3) is 0.143. The van der Waals surface area contributed by atoms with Gasteiger partial charge in [-0.1, -0.05) is 0 Å². The number of hydrogen-bond acceptors (Lipinski definition) is 2. The van der Waals surface area contributed by atoms with Crippen LogP contribution in [0, 0.1) is 0 Å². The molecule has 5 heteroatoms. The molecule has 0 N–H and O–H groups in total. The molecule has 0 aliphatic carbocycles. The van der Waals surface area contributed by atoms with E-state index in [0.29, 0.717) is 10.8 Å². The van der Waals surface area contributed by atoms with Crippen molar-refractivity contribution in [2.24, 2.45) is 0 Å². The molecule has 0 aliphatic heterocycles. The van der Waals surface area contributed by atoms with Gasteiger partial charge >= 0.3 is 0 Å². The van der Waals surface area contributed by atoms with Crippen LogP contribution in [-0.2, 0) is 0 Å². The topological polar surface area (TPSA) is 30.0 Å². The van der Waals surface area contributed by atoms with E-state index >= 15 is 0 Å². The van der Waals surface area contributed by atoms with Crippen LogP contribution in [0.15, 0.2) is 16.7 Å². The second-order valence-corrected chi connectivity index (χ2v) is 2.90. The van der Waals surface area contributed by atoms with Crippen LogP contribution in [0.3, 0.4) is 0 Å². The Kier molecular flexibility index (Phi) is 2.86. The van der Waals surface area contributed by atoms with Gasteiger partial charge < -0.3 is 0 Å². The minimum Gasteiger partial charge on any atom is -0.298 e. The van der Waals surface area contributed by atoms with Crippen molar-refractivity contribution in [1.82, 2.24) is 4.98 Å². The van der Waals surface area contributed by atoms with Gasteiger partial charge in [0, 0.05) is 16.2 Å². The first-order chi connectivity index (χ1) is 5.65. The Morgan fingerprint density at radius 1 is 1.58 bits per heavy atom. The summed E-state index contributed by atoms with van der Waals surface area (Å²) >= 11 is 3.00. The van der Waals surface area contributed by atoms with E-state index in [9.17, 15) is 13.6 Å². The van der Waals surface area contributed by atoms with E-state index in [4.69, 9.17) is 0 Å². The van der Waals surface area contributed by atoms with E-state index in [1.54, 1.807) is 0 Å². The molecule has 1 heterocycles. The maximum Gasteiger partial charge on any atom is 0.280 e. The summed E-state index contributed by atoms with van der Waals surface area (Å²) in [5.41, 5.74) is -0.208. The summed E-state index contributed by atoms with van der Waals surface area (Å²) in [6.07, 6.45) is -0.958. The summed E-state index contributed by atoms with van der Waals surface area (Å²) in [7, 11) is 0. The maximum atomic E-state index is 12.0. The fourth-order valence-electron chi connectivity index (χ4n) is 0.681. The number of carbonyl (C=O) groups is 1. The minimum absolute atomic E-state index is 0.181. The summed E-state index contributed by atoms with van der Waals surface area (Å²) in [5.74, 6) is 0. The molecule has 0 amide bonds. The van der Waals surface area contributed by atoms with Crippen molar-refractivity contribution in [3.63, 3.8) is 0 Å². The zero-order valence-electron chi connectivity index (χ0n) is 5.80. The summed E-state index contributed by atoms with van der Waals surface area (Å²) < 4.78 is 24.5. The quantitative estimate of drug-likeness (QED) is 0.738. The molecular weight excluding hydrogens is 232 g/mol. The SMILES string of the molecule is O=Cc1cc(C(F)F)ncc1Br. The van der Waals surface area contributed by atoms with Gasteiger partial charge in [0.15, 0.2) is 6.29 Å². The molecule has 0 bridgehead atoms. The third kappa shape index (κ3) is 1.85. The van der Waals surface area contributed by atoms with Gasteiger partial charge in [-0.25, -0.2) is 8.78 Å². The molecular formula is C7H4BrF2NO. The van der Waals surface area contributed by atoms with E-state index in [2.05, 4.69) is 20.9 Å². The van der Waals surface area contributed by atoms with E-state index in [0.717, 1.165) is 6.07 Å². The molecule has 1 aromatic heterocycles. The van der Waals surface area contributed by atoms with Crippen molar-refractivity contribution < 1.29 is 13.6 Å². The predicted octanol–water partition coefficient (Wildman–Crippen LogP) is 2.59. The number of halogens is 3. The summed E-state index contributed by atoms with van der Waals surface area (Å²) in [6, 6.07) is 1.06. The van der Waals surface area contributed by atoms with Crippen LogP contribution < -0.4 is 0 Å². The third-order valence-corrected chi connectivity index (χ3v) is 1.92. The number of alkyl halides is 2. The first-order valence-corrected chi connectivity index (χ1v) is 3.83. The van der Waals surface area contributed by atoms with Crippen molar-refractivity contribution in [2.45, 2.75) is 6.43 Å². The maximum absolute atomic E-state index is 12.0. The largest absolute Gasteiger partial charge is 0.298 e. The molecule has 0 unspecified atom stereocenters. The highest BCUT2D eigenvalue weighted by molar-refractivity contribution is 9.10. The Morgan fingerprint density at radius 2 is 2.25 bits per heavy atom. The van der Waals surface area contributed by atoms with Gasteiger partial charge in [-0.15, -0.1) is 0 Å². The van der Waals surface area contributed by atoms with Crippen LogP contribution in [0.1, 0.15) is 22.5 Å². The number of pyridine rings is 1. The fourth-order valence-corrected chi connectivity index (χ4v) is 0.991. The highest BCUT2D eigenvalue weighted by atomic mass is 79.9. The van der Waals surface area contributed by atoms with Crippen LogP contribution in [0.5, 0.6) is 0 Å². The molecule has 0 saturated heterocycles. The molecule has 0 spiro atoms. The van der Waals surface area contributed by atoms with Gasteiger partial charge in [-0.3, -0.25) is 9.78 Å². The first kappa shape index (κ1) is 9.25. The van der Waals surface area contributed by atoms with Crippen LogP contribution in [0.4, 0.5) is 8.78 Å². The number of carbonyl (C=O) groups excluding carboxylic acids is 1. The lowest BCUT2D eigenvalue weighted by Crippen LogP contribution is -1.93. The smallest absolute Gasteiger partial charge is 0.280 e. The average molecular weight is 236 g/mol. The number of nitrogens with zero attached hydrogens (tertiary/aromatic N) is 1. The van der Waals surface area contributed by atoms with Crippen molar-refractivity contribution in [1.29, 1.82) is 0 Å². The molecule has 1 rings (SSSR count). The zero-order valence-corrected chi connectivity index (χ0v) is 7.38. The van der Waals surface area contributed by atoms with E-state index in [1.807, 2.05) is 0 Å². The summed E-state index contributed by atoms with van der Waals surface area (Å²) in [6.45, 7) is 0. The summed E-state index contributed by atoms with van der Waals surface area (Å²) in [4.78, 5) is 13.7. The lowest BCUT2D eigenvalue weighted by molar-refractivity contribution is 0.112. The molecule has 0 atom stereocenters. The van der Waals surface area contributed by atoms with Gasteiger partial charge in [-0.05, 0) is 22.0 Å². The van der Waals surface area contributed by atoms with Crippen LogP contribution >= 0.6 is 15.9 Å². The number of hydrogen-bond donors (Lipinski definition) is 0. The molecule has 1 aromatic rings. The number of aldehydes is 1. The van der Waals surface area contributed by atoms with Gasteiger partial charge in [0.25, 0.3) is 6.43 Å². The molecule has 0 aliphatic rings. The highest BCUT2D eigenvalue weighted by Crippen LogP contribution is 2.20. The molecule has 0 radical (unpaired) electrons. The van der Waals surface area contributed by atoms with Crippen molar-refractivity contribution >= 4 is 22.2 Å². The van der Waals surface area contributed by atoms with Gasteiger partial charge in [-0.2, -0.15) is 0 Å². The second kappa shape index (κ2) is 3.71. The van der Waals surface area contributed by atoms with Crippen LogP contribution in [0.2, 0.25) is 0 Å². The molecule has 0 aromatic carbocycles. The lowest BCUT2D eigenvalue weighted by Gasteiger charge is -2.00. The first-order valence-electron chi connectivity index (χ1n) is 3.04. The van der Waals surface area contributed by atoms with E-state index < -0.39 is 6.43 Å². The lowest BCUT2D eigenvalue weighted by atomic mass is 10.2. The molecule has 12 heavy (non-hydrogen) atoms. The Morgan fingerprint density at radius 3 is 2.75 bits per heavy atom. The van der Waals surface area contributed by atoms with Gasteiger partial charge in [0.2, 0.25) is 0 Å². The number of rotatable bonds is 2. The Hall–Kier alpha value is -0.840. The molecule has 2 nitrogen and oxygen atoms in total. The Bertz CT molecular complexity index is 303. The van der Waals surface area contributed by atoms with Crippen molar-refractivity contribution in [2.75, 3.05) is 0 Å². The van der Waals surface area contributed by atoms with E-state index in [-0.39, 0.29) is 11.3 Å². The predicted molar refractivity (Wildman–Crippen MR) is 42.3 cm³/mol. The van der Waals surface area contributed by atoms with Gasteiger partial charge in [0.05, 0.1) is 0 Å². The summed E-state index contributed by atoms with van der Waals surface area (Å²) in [5, 5.41) is 0. The second-order valence-electron chi connectivity index (χ2n) is 2.05. The number of aromatic nitrogens is 1. The average Bonchev–Trinajstić information content (AvgIpc) is 2.05. The normalized spacial score (nSPS) is 10.3. The van der Waals surface area contributed by atoms with Crippen LogP contribution in [-0.4, -0.2) is 11.3 Å². The molecule has 0 fully saturated rings. The highest BCUT2D eigenvalue weighted by Gasteiger charge is 2.10. The minimum atomic E-state index is -2.64. The zero-order chi connectivity index (χ0) is 9.14. The van der Waals surface area contributed by atoms with Gasteiger partial charge in [0.1, 0.15) is 5.69 Å². The van der Waals surface area contributed by atoms with Crippen molar-refractivity contribution in [3.8, 4) is 0 Å². The van der Waals surface area contributed by atoms with Crippen LogP contribution in [0.25, 0.3) is 0 Å².